The highest BCUT2D eigenvalue weighted by Gasteiger charge is 2.29. The Kier molecular flexibility index (Phi) is 20.0. The molecule has 0 fully saturated rings. The van der Waals surface area contributed by atoms with Crippen LogP contribution in [0.5, 0.6) is 11.5 Å². The minimum atomic E-state index is -1.23. The predicted octanol–water partition coefficient (Wildman–Crippen LogP) is 4.93. The summed E-state index contributed by atoms with van der Waals surface area (Å²) in [6, 6.07) is 13.4. The third kappa shape index (κ3) is 17.4. The van der Waals surface area contributed by atoms with Crippen LogP contribution in [0.15, 0.2) is 66.0 Å². The van der Waals surface area contributed by atoms with Gasteiger partial charge in [-0.2, -0.15) is 0 Å². The van der Waals surface area contributed by atoms with E-state index >= 15 is 0 Å². The zero-order valence-electron chi connectivity index (χ0n) is 36.6. The van der Waals surface area contributed by atoms with Gasteiger partial charge in [-0.1, -0.05) is 76.2 Å². The molecular formula is C42H44Cl2N8O13S3. The fraction of sp³-hybridized carbons (Fsp3) is 0.286. The van der Waals surface area contributed by atoms with E-state index in [-0.39, 0.29) is 67.8 Å². The van der Waals surface area contributed by atoms with Gasteiger partial charge in [-0.15, -0.1) is 11.3 Å². The van der Waals surface area contributed by atoms with Crippen molar-refractivity contribution in [3.8, 4) is 11.5 Å². The van der Waals surface area contributed by atoms with Crippen LogP contribution < -0.4 is 31.9 Å². The van der Waals surface area contributed by atoms with E-state index in [1.807, 2.05) is 0 Å². The number of rotatable bonds is 17. The number of nitrogens with zero attached hydrogens (tertiary/aromatic N) is 2. The van der Waals surface area contributed by atoms with Gasteiger partial charge >= 0.3 is 18.0 Å². The van der Waals surface area contributed by atoms with Crippen LogP contribution in [0.25, 0.3) is 0 Å². The molecule has 68 heavy (non-hydrogen) atoms. The lowest BCUT2D eigenvalue weighted by Gasteiger charge is -2.21. The summed E-state index contributed by atoms with van der Waals surface area (Å²) in [7, 11) is 2.29. The largest absolute Gasteiger partial charge is 0.508 e. The number of thiazole rings is 2. The average molecular weight is 1040 g/mol. The number of hydrogen-bond donors (Lipinski definition) is 8. The molecule has 0 aliphatic carbocycles. The van der Waals surface area contributed by atoms with Gasteiger partial charge in [0.05, 0.1) is 38.5 Å². The number of halogens is 2. The van der Waals surface area contributed by atoms with Crippen molar-refractivity contribution in [1.29, 1.82) is 0 Å². The maximum atomic E-state index is 12.7. The van der Waals surface area contributed by atoms with E-state index in [4.69, 9.17) is 32.7 Å². The summed E-state index contributed by atoms with van der Waals surface area (Å²) in [4.78, 5) is 106. The topological polar surface area (TPSA) is 303 Å². The van der Waals surface area contributed by atoms with Gasteiger partial charge in [0.1, 0.15) is 38.9 Å². The van der Waals surface area contributed by atoms with Gasteiger partial charge in [-0.05, 0) is 67.6 Å². The number of carbonyl (C=O) groups is 8. The molecule has 0 saturated heterocycles. The van der Waals surface area contributed by atoms with Crippen LogP contribution in [0, 0.1) is 0 Å². The van der Waals surface area contributed by atoms with Crippen LogP contribution in [0.4, 0.5) is 15.1 Å². The number of benzene rings is 2. The van der Waals surface area contributed by atoms with Gasteiger partial charge in [-0.25, -0.2) is 24.4 Å². The van der Waals surface area contributed by atoms with Gasteiger partial charge in [0.15, 0.2) is 20.6 Å². The van der Waals surface area contributed by atoms with Gasteiger partial charge in [0.25, 0.3) is 17.7 Å². The lowest BCUT2D eigenvalue weighted by atomic mass is 10.1. The predicted molar refractivity (Wildman–Crippen MR) is 253 cm³/mol. The Labute approximate surface area is 409 Å². The van der Waals surface area contributed by atoms with Crippen molar-refractivity contribution in [2.45, 2.75) is 51.3 Å². The second kappa shape index (κ2) is 25.3. The number of aromatic hydroxyl groups is 2. The Balaban J connectivity index is 0.000000297. The Morgan fingerprint density at radius 3 is 1.51 bits per heavy atom. The molecule has 5 aromatic rings. The van der Waals surface area contributed by atoms with Crippen molar-refractivity contribution in [1.82, 2.24) is 31.2 Å². The SMILES string of the molecule is COC(=O)[C@H](CNC(=O)OC(C)(C)C)NC(=O)c1sc(NC(=O)Cc2cccc(O)c2)nc1Cl.COC(=O)[C@H](CNC(=O)c1cccs1)NC(=O)c1sc(NC(=O)Cc2cccc(O)c2)nc1Cl. The number of phenolic OH excluding ortho intramolecular Hbond substituents is 2. The first-order valence-electron chi connectivity index (χ1n) is 19.7. The third-order valence-corrected chi connectivity index (χ3v) is 11.8. The van der Waals surface area contributed by atoms with Crippen molar-refractivity contribution in [2.24, 2.45) is 0 Å². The molecule has 5 rings (SSSR count). The van der Waals surface area contributed by atoms with E-state index < -0.39 is 65.3 Å². The van der Waals surface area contributed by atoms with Crippen molar-refractivity contribution < 1.29 is 62.8 Å². The van der Waals surface area contributed by atoms with Crippen LogP contribution in [0.2, 0.25) is 10.3 Å². The standard InChI is InChI=1S/C21H25ClN4O7S.C21H19ClN4O6S2/c1-21(2,3)33-20(31)23-10-13(18(30)32-4)24-17(29)15-16(22)26-19(34-15)25-14(28)9-11-6-5-7-12(27)8-11;1-32-20(31)13(10-23-18(29)14-6-3-7-33-14)24-19(30)16-17(22)26-21(34-16)25-15(28)9-11-4-2-5-12(27)8-11/h5-8,13,27H,9-10H2,1-4H3,(H,23,31)(H,24,29)(H,25,26,28);2-8,13,27H,9-10H2,1H3,(H,23,29)(H,24,30)(H,25,26,28)/t2*13-/m00/s1. The van der Waals surface area contributed by atoms with Crippen LogP contribution in [0.3, 0.4) is 0 Å². The highest BCUT2D eigenvalue weighted by Crippen LogP contribution is 2.29. The molecule has 0 aliphatic rings. The monoisotopic (exact) mass is 1030 g/mol. The van der Waals surface area contributed by atoms with E-state index in [9.17, 15) is 48.6 Å². The molecule has 362 valence electrons. The highest BCUT2D eigenvalue weighted by molar-refractivity contribution is 7.18. The van der Waals surface area contributed by atoms with Crippen molar-refractivity contribution >= 4 is 115 Å². The van der Waals surface area contributed by atoms with Crippen molar-refractivity contribution in [3.63, 3.8) is 0 Å². The van der Waals surface area contributed by atoms with E-state index in [0.29, 0.717) is 16.0 Å². The van der Waals surface area contributed by atoms with Gasteiger partial charge in [-0.3, -0.25) is 24.0 Å². The Bertz CT molecular complexity index is 2620. The molecule has 0 radical (unpaired) electrons. The van der Waals surface area contributed by atoms with Crippen LogP contribution in [0.1, 0.15) is 60.9 Å². The number of phenols is 2. The van der Waals surface area contributed by atoms with Crippen LogP contribution in [-0.2, 0) is 46.2 Å². The summed E-state index contributed by atoms with van der Waals surface area (Å²) in [5, 5.41) is 35.5. The fourth-order valence-electron chi connectivity index (χ4n) is 5.33. The van der Waals surface area contributed by atoms with Gasteiger partial charge in [0.2, 0.25) is 11.8 Å². The maximum Gasteiger partial charge on any atom is 0.407 e. The lowest BCUT2D eigenvalue weighted by Crippen LogP contribution is -2.49. The molecular weight excluding hydrogens is 992 g/mol. The summed E-state index contributed by atoms with van der Waals surface area (Å²) >= 11 is 15.0. The minimum Gasteiger partial charge on any atom is -0.508 e. The molecule has 21 nitrogen and oxygen atoms in total. The normalized spacial score (nSPS) is 11.6. The first-order chi connectivity index (χ1) is 32.1. The molecule has 0 spiro atoms. The fourth-order valence-corrected chi connectivity index (χ4v) is 8.19. The third-order valence-electron chi connectivity index (χ3n) is 8.27. The summed E-state index contributed by atoms with van der Waals surface area (Å²) in [5.74, 6) is -4.23. The molecule has 8 N–H and O–H groups in total. The number of ether oxygens (including phenoxy) is 3. The number of methoxy groups -OCH3 is 2. The molecule has 3 heterocycles. The second-order valence-electron chi connectivity index (χ2n) is 14.7. The molecule has 2 atom stereocenters. The zero-order chi connectivity index (χ0) is 50.1. The second-order valence-corrected chi connectivity index (χ2v) is 18.4. The van der Waals surface area contributed by atoms with Crippen molar-refractivity contribution in [3.05, 3.63) is 102 Å². The number of nitrogens with one attached hydrogen (secondary N) is 6. The minimum absolute atomic E-state index is 0.0263. The quantitative estimate of drug-likeness (QED) is 0.0453. The Morgan fingerprint density at radius 1 is 0.662 bits per heavy atom. The van der Waals surface area contributed by atoms with E-state index in [0.717, 1.165) is 36.9 Å². The summed E-state index contributed by atoms with van der Waals surface area (Å²) < 4.78 is 14.5. The Morgan fingerprint density at radius 2 is 1.12 bits per heavy atom. The summed E-state index contributed by atoms with van der Waals surface area (Å²) in [6.07, 6.45) is -0.835. The summed E-state index contributed by atoms with van der Waals surface area (Å²) in [6.45, 7) is 4.53. The first kappa shape index (κ1) is 53.8. The molecule has 0 unspecified atom stereocenters. The molecule has 26 heteroatoms. The van der Waals surface area contributed by atoms with Crippen LogP contribution in [-0.4, -0.2) is 113 Å². The zero-order valence-corrected chi connectivity index (χ0v) is 40.6. The number of esters is 2. The number of alkyl carbamates (subject to hydrolysis) is 1. The molecule has 3 aromatic heterocycles. The maximum absolute atomic E-state index is 12.7. The van der Waals surface area contributed by atoms with Gasteiger partial charge < -0.3 is 56.3 Å². The number of amides is 6. The number of carbonyl (C=O) groups excluding carboxylic acids is 8. The molecule has 6 amide bonds. The van der Waals surface area contributed by atoms with E-state index in [1.165, 1.54) is 35.6 Å². The number of thiophene rings is 1. The molecule has 0 bridgehead atoms. The first-order valence-corrected chi connectivity index (χ1v) is 23.0. The van der Waals surface area contributed by atoms with Crippen molar-refractivity contribution in [2.75, 3.05) is 37.9 Å². The van der Waals surface area contributed by atoms with E-state index in [1.54, 1.807) is 62.5 Å². The lowest BCUT2D eigenvalue weighted by molar-refractivity contribution is -0.143. The molecule has 0 aliphatic heterocycles. The Hall–Kier alpha value is -6.86. The van der Waals surface area contributed by atoms with E-state index in [2.05, 4.69) is 46.6 Å². The smallest absolute Gasteiger partial charge is 0.407 e. The highest BCUT2D eigenvalue weighted by atomic mass is 35.5. The molecule has 2 aromatic carbocycles. The van der Waals surface area contributed by atoms with Gasteiger partial charge in [0, 0.05) is 6.54 Å². The number of anilines is 2. The number of aromatic nitrogens is 2. The summed E-state index contributed by atoms with van der Waals surface area (Å²) in [5.41, 5.74) is 0.423. The van der Waals surface area contributed by atoms with Crippen LogP contribution >= 0.6 is 57.2 Å². The number of hydrogen-bond acceptors (Lipinski definition) is 18. The average Bonchev–Trinajstić information content (AvgIpc) is 4.03. The molecule has 0 saturated carbocycles.